The molecule has 606 valence electrons. The molecule has 0 amide bonds. The molecule has 0 aliphatic rings. The number of unbranched alkanes of at least 4 members (excludes halogenated alkanes) is 45. The zero-order valence-corrected chi connectivity index (χ0v) is 69.0. The van der Waals surface area contributed by atoms with E-state index in [1.165, 1.54) is 225 Å². The number of hydrogen-bond acceptors (Lipinski definition) is 15. The quantitative estimate of drug-likeness (QED) is 0.0222. The Morgan fingerprint density at radius 2 is 0.471 bits per heavy atom. The van der Waals surface area contributed by atoms with Gasteiger partial charge in [-0.1, -0.05) is 376 Å². The summed E-state index contributed by atoms with van der Waals surface area (Å²) in [5.41, 5.74) is 0. The van der Waals surface area contributed by atoms with Crippen molar-refractivity contribution in [2.45, 2.75) is 446 Å². The third-order valence-corrected chi connectivity index (χ3v) is 21.6. The summed E-state index contributed by atoms with van der Waals surface area (Å²) in [7, 11) is -9.92. The van der Waals surface area contributed by atoms with E-state index in [0.29, 0.717) is 31.6 Å². The molecule has 102 heavy (non-hydrogen) atoms. The van der Waals surface area contributed by atoms with Crippen molar-refractivity contribution in [3.05, 3.63) is 0 Å². The highest BCUT2D eigenvalue weighted by Crippen LogP contribution is 2.45. The fraction of sp³-hybridized carbons (Fsp3) is 0.952. The minimum atomic E-state index is -4.96. The number of aliphatic hydroxyl groups excluding tert-OH is 1. The number of phosphoric ester groups is 2. The number of rotatable bonds is 80. The summed E-state index contributed by atoms with van der Waals surface area (Å²) in [5.74, 6) is 1.01. The first-order chi connectivity index (χ1) is 49.1. The van der Waals surface area contributed by atoms with Gasteiger partial charge in [-0.25, -0.2) is 9.13 Å². The Balaban J connectivity index is 5.22. The van der Waals surface area contributed by atoms with Crippen LogP contribution >= 0.6 is 15.6 Å². The van der Waals surface area contributed by atoms with E-state index in [0.717, 1.165) is 114 Å². The van der Waals surface area contributed by atoms with Crippen molar-refractivity contribution in [3.8, 4) is 0 Å². The minimum absolute atomic E-state index is 0.106. The van der Waals surface area contributed by atoms with E-state index in [1.807, 2.05) is 0 Å². The predicted octanol–water partition coefficient (Wildman–Crippen LogP) is 24.8. The van der Waals surface area contributed by atoms with Crippen LogP contribution in [0.15, 0.2) is 0 Å². The molecule has 0 heterocycles. The SMILES string of the molecule is CCC(C)CCCCCCCCCCCCCCCCC(=O)O[C@H](COC(=O)CCCCCCCCC(C)C)COP(=O)(O)OC[C@H](O)COP(=O)(O)OC[C@@H](COC(=O)CCCCCCCCCCCCCCCCCCC(C)C)OC(=O)CCCCCCCCCCCCCCCC(C)C. The van der Waals surface area contributed by atoms with Gasteiger partial charge in [0.2, 0.25) is 0 Å². The molecule has 0 bridgehead atoms. The molecule has 0 aromatic rings. The number of carbonyl (C=O) groups is 4. The lowest BCUT2D eigenvalue weighted by molar-refractivity contribution is -0.161. The molecule has 0 fully saturated rings. The van der Waals surface area contributed by atoms with E-state index in [9.17, 15) is 43.2 Å². The highest BCUT2D eigenvalue weighted by atomic mass is 31.2. The Bertz CT molecular complexity index is 1990. The fourth-order valence-corrected chi connectivity index (χ4v) is 14.3. The molecule has 3 unspecified atom stereocenters. The summed E-state index contributed by atoms with van der Waals surface area (Å²) in [6.45, 7) is 14.3. The van der Waals surface area contributed by atoms with Gasteiger partial charge >= 0.3 is 39.5 Å². The molecule has 0 aliphatic carbocycles. The van der Waals surface area contributed by atoms with E-state index in [2.05, 4.69) is 55.4 Å². The molecule has 6 atom stereocenters. The van der Waals surface area contributed by atoms with Gasteiger partial charge in [-0.15, -0.1) is 0 Å². The molecular weight excluding hydrogens is 1330 g/mol. The first kappa shape index (κ1) is 100. The maximum Gasteiger partial charge on any atom is 0.472 e. The monoisotopic (exact) mass is 1490 g/mol. The van der Waals surface area contributed by atoms with Crippen LogP contribution in [0.2, 0.25) is 0 Å². The van der Waals surface area contributed by atoms with Gasteiger partial charge in [0.05, 0.1) is 26.4 Å². The number of esters is 4. The summed E-state index contributed by atoms with van der Waals surface area (Å²) >= 11 is 0. The maximum atomic E-state index is 13.1. The molecule has 0 saturated carbocycles. The number of aliphatic hydroxyl groups is 1. The molecule has 17 nitrogen and oxygen atoms in total. The van der Waals surface area contributed by atoms with Crippen LogP contribution in [0.25, 0.3) is 0 Å². The van der Waals surface area contributed by atoms with Crippen LogP contribution < -0.4 is 0 Å². The minimum Gasteiger partial charge on any atom is -0.462 e. The van der Waals surface area contributed by atoms with Crippen LogP contribution in [-0.4, -0.2) is 96.7 Å². The summed E-state index contributed by atoms with van der Waals surface area (Å²) in [4.78, 5) is 73.1. The molecule has 0 aliphatic heterocycles. The molecule has 3 N–H and O–H groups in total. The zero-order valence-electron chi connectivity index (χ0n) is 67.2. The first-order valence-corrected chi connectivity index (χ1v) is 45.7. The number of hydrogen-bond donors (Lipinski definition) is 3. The topological polar surface area (TPSA) is 237 Å². The molecule has 0 aromatic carbocycles. The predicted molar refractivity (Wildman–Crippen MR) is 418 cm³/mol. The standard InChI is InChI=1S/C83H162O17P2/c1-9-76(8)62-54-46-37-31-25-19-14-15-21-27-33-39-49-57-65-83(88)100-79(70-94-81(86)64-56-48-42-41-45-53-61-75(6)7)72-98-102(91,92)96-68-77(84)67-95-101(89,90)97-71-78(99-82(87)66-58-50-40-34-28-22-16-18-24-30-36-44-52-60-74(4)5)69-93-80(85)63-55-47-38-32-26-20-13-11-10-12-17-23-29-35-43-51-59-73(2)3/h73-79,84H,9-72H2,1-8H3,(H,89,90)(H,91,92)/t76?,77-,78-,79-/m1/s1. The lowest BCUT2D eigenvalue weighted by Gasteiger charge is -2.21. The average molecular weight is 1490 g/mol. The molecule has 19 heteroatoms. The summed E-state index contributed by atoms with van der Waals surface area (Å²) < 4.78 is 68.8. The Hall–Kier alpha value is -1.94. The van der Waals surface area contributed by atoms with Gasteiger partial charge in [0.25, 0.3) is 0 Å². The molecule has 0 spiro atoms. The normalized spacial score (nSPS) is 14.3. The van der Waals surface area contributed by atoms with Gasteiger partial charge in [0, 0.05) is 25.7 Å². The van der Waals surface area contributed by atoms with Crippen LogP contribution in [0.4, 0.5) is 0 Å². The highest BCUT2D eigenvalue weighted by molar-refractivity contribution is 7.47. The molecule has 0 aromatic heterocycles. The van der Waals surface area contributed by atoms with E-state index >= 15 is 0 Å². The van der Waals surface area contributed by atoms with Crippen molar-refractivity contribution in [2.24, 2.45) is 23.7 Å². The van der Waals surface area contributed by atoms with E-state index < -0.39 is 97.5 Å². The second-order valence-electron chi connectivity index (χ2n) is 31.5. The molecular formula is C83H162O17P2. The lowest BCUT2D eigenvalue weighted by Crippen LogP contribution is -2.30. The van der Waals surface area contributed by atoms with Crippen LogP contribution in [0.1, 0.15) is 428 Å². The second-order valence-corrected chi connectivity index (χ2v) is 34.4. The highest BCUT2D eigenvalue weighted by Gasteiger charge is 2.30. The molecule has 0 rings (SSSR count). The van der Waals surface area contributed by atoms with Crippen molar-refractivity contribution in [2.75, 3.05) is 39.6 Å². The maximum absolute atomic E-state index is 13.1. The third-order valence-electron chi connectivity index (χ3n) is 19.7. The lowest BCUT2D eigenvalue weighted by atomic mass is 9.99. The van der Waals surface area contributed by atoms with Crippen molar-refractivity contribution in [1.82, 2.24) is 0 Å². The Kier molecular flexibility index (Phi) is 70.6. The smallest absolute Gasteiger partial charge is 0.462 e. The van der Waals surface area contributed by atoms with E-state index in [4.69, 9.17) is 37.0 Å². The second kappa shape index (κ2) is 72.0. The molecule has 0 radical (unpaired) electrons. The van der Waals surface area contributed by atoms with E-state index in [-0.39, 0.29) is 25.7 Å². The Morgan fingerprint density at radius 3 is 0.696 bits per heavy atom. The van der Waals surface area contributed by atoms with E-state index in [1.54, 1.807) is 0 Å². The zero-order chi connectivity index (χ0) is 75.3. The Labute approximate surface area is 626 Å². The van der Waals surface area contributed by atoms with Crippen molar-refractivity contribution >= 4 is 39.5 Å². The molecule has 0 saturated heterocycles. The fourth-order valence-electron chi connectivity index (χ4n) is 12.8. The summed E-state index contributed by atoms with van der Waals surface area (Å²) in [6.07, 6.45) is 59.8. The largest absolute Gasteiger partial charge is 0.472 e. The summed E-state index contributed by atoms with van der Waals surface area (Å²) in [5, 5.41) is 10.7. The van der Waals surface area contributed by atoms with Crippen LogP contribution in [0.5, 0.6) is 0 Å². The van der Waals surface area contributed by atoms with Gasteiger partial charge in [0.1, 0.15) is 19.3 Å². The van der Waals surface area contributed by atoms with Gasteiger partial charge in [-0.2, -0.15) is 0 Å². The van der Waals surface area contributed by atoms with Crippen LogP contribution in [0, 0.1) is 23.7 Å². The van der Waals surface area contributed by atoms with Crippen molar-refractivity contribution in [1.29, 1.82) is 0 Å². The number of ether oxygens (including phenoxy) is 4. The van der Waals surface area contributed by atoms with Gasteiger partial charge in [0.15, 0.2) is 12.2 Å². The number of phosphoric acid groups is 2. The average Bonchev–Trinajstić information content (AvgIpc) is 0.911. The van der Waals surface area contributed by atoms with Gasteiger partial charge in [-0.3, -0.25) is 37.3 Å². The van der Waals surface area contributed by atoms with Gasteiger partial charge in [-0.05, 0) is 49.4 Å². The van der Waals surface area contributed by atoms with Crippen LogP contribution in [-0.2, 0) is 65.4 Å². The van der Waals surface area contributed by atoms with Crippen molar-refractivity contribution < 1.29 is 80.2 Å². The summed E-state index contributed by atoms with van der Waals surface area (Å²) in [6, 6.07) is 0. The van der Waals surface area contributed by atoms with Gasteiger partial charge < -0.3 is 33.8 Å². The third kappa shape index (κ3) is 74.9. The van der Waals surface area contributed by atoms with Crippen molar-refractivity contribution in [3.63, 3.8) is 0 Å². The first-order valence-electron chi connectivity index (χ1n) is 42.7. The Morgan fingerprint density at radius 1 is 0.275 bits per heavy atom. The number of carbonyl (C=O) groups excluding carboxylic acids is 4. The van der Waals surface area contributed by atoms with Crippen LogP contribution in [0.3, 0.4) is 0 Å².